The van der Waals surface area contributed by atoms with Crippen molar-refractivity contribution in [1.29, 1.82) is 0 Å². The van der Waals surface area contributed by atoms with Gasteiger partial charge in [0.05, 0.1) is 10.9 Å². The van der Waals surface area contributed by atoms with Crippen molar-refractivity contribution in [3.05, 3.63) is 48.5 Å². The number of halogens is 2. The summed E-state index contributed by atoms with van der Waals surface area (Å²) in [7, 11) is 1.64. The Morgan fingerprint density at radius 1 is 1.28 bits per heavy atom. The number of rotatable bonds is 3. The van der Waals surface area contributed by atoms with Gasteiger partial charge in [0.1, 0.15) is 11.9 Å². The molecule has 0 saturated heterocycles. The van der Waals surface area contributed by atoms with E-state index >= 15 is 0 Å². The normalized spacial score (nSPS) is 12.5. The molecule has 0 fully saturated rings. The highest BCUT2D eigenvalue weighted by atomic mass is 79.9. The van der Waals surface area contributed by atoms with Crippen molar-refractivity contribution >= 4 is 43.2 Å². The van der Waals surface area contributed by atoms with E-state index in [1.165, 1.54) is 11.3 Å². The zero-order valence-corrected chi connectivity index (χ0v) is 13.9. The Morgan fingerprint density at radius 2 is 2.00 bits per heavy atom. The molecule has 0 spiro atoms. The fourth-order valence-corrected chi connectivity index (χ4v) is 3.83. The molecule has 0 bridgehead atoms. The van der Waals surface area contributed by atoms with Crippen LogP contribution in [0.1, 0.15) is 22.1 Å². The molecule has 0 aliphatic heterocycles. The molecule has 2 nitrogen and oxygen atoms in total. The van der Waals surface area contributed by atoms with Gasteiger partial charge in [0.2, 0.25) is 0 Å². The van der Waals surface area contributed by atoms with E-state index in [2.05, 4.69) is 31.9 Å². The van der Waals surface area contributed by atoms with Crippen molar-refractivity contribution in [3.63, 3.8) is 0 Å². The first kappa shape index (κ1) is 14.1. The van der Waals surface area contributed by atoms with Crippen molar-refractivity contribution in [2.24, 2.45) is 0 Å². The van der Waals surface area contributed by atoms with E-state index in [4.69, 9.17) is 4.74 Å². The van der Waals surface area contributed by atoms with Crippen LogP contribution in [0, 0.1) is 6.92 Å². The number of aryl methyl sites for hydroxylation is 1. The molecule has 0 aliphatic carbocycles. The smallest absolute Gasteiger partial charge is 0.119 e. The van der Waals surface area contributed by atoms with Gasteiger partial charge >= 0.3 is 0 Å². The van der Waals surface area contributed by atoms with Crippen LogP contribution in [-0.2, 0) is 0 Å². The summed E-state index contributed by atoms with van der Waals surface area (Å²) in [5, 5.41) is 10.4. The maximum atomic E-state index is 10.4. The summed E-state index contributed by atoms with van der Waals surface area (Å²) < 4.78 is 7.12. The second-order valence-electron chi connectivity index (χ2n) is 3.90. The largest absolute Gasteiger partial charge is 0.497 e. The average Bonchev–Trinajstić information content (AvgIpc) is 2.68. The number of hydrogen-bond acceptors (Lipinski definition) is 3. The van der Waals surface area contributed by atoms with Gasteiger partial charge in [-0.15, -0.1) is 11.3 Å². The molecule has 1 heterocycles. The highest BCUT2D eigenvalue weighted by molar-refractivity contribution is 9.13. The Kier molecular flexibility index (Phi) is 4.48. The van der Waals surface area contributed by atoms with Crippen LogP contribution in [0.2, 0.25) is 0 Å². The van der Waals surface area contributed by atoms with Gasteiger partial charge in [-0.1, -0.05) is 6.07 Å². The van der Waals surface area contributed by atoms with E-state index in [9.17, 15) is 5.11 Å². The fourth-order valence-electron chi connectivity index (χ4n) is 1.73. The van der Waals surface area contributed by atoms with Crippen LogP contribution in [0.25, 0.3) is 0 Å². The second kappa shape index (κ2) is 5.74. The van der Waals surface area contributed by atoms with Crippen molar-refractivity contribution < 1.29 is 9.84 Å². The summed E-state index contributed by atoms with van der Waals surface area (Å²) in [6, 6.07) is 7.63. The maximum absolute atomic E-state index is 10.4. The third-order valence-electron chi connectivity index (χ3n) is 2.71. The van der Waals surface area contributed by atoms with Gasteiger partial charge in [-0.2, -0.15) is 0 Å². The molecule has 0 saturated carbocycles. The molecule has 5 heteroatoms. The Hall–Kier alpha value is -0.360. The highest BCUT2D eigenvalue weighted by Crippen LogP contribution is 2.38. The van der Waals surface area contributed by atoms with E-state index in [0.29, 0.717) is 0 Å². The van der Waals surface area contributed by atoms with Gasteiger partial charge in [0.15, 0.2) is 0 Å². The standard InChI is InChI=1S/C13H12Br2O2S/c1-7-5-8(17-2)3-4-9(7)12(16)11-6-10(14)13(15)18-11/h3-6,12,16H,1-2H3. The maximum Gasteiger partial charge on any atom is 0.119 e. The number of thiophene rings is 1. The van der Waals surface area contributed by atoms with Crippen molar-refractivity contribution in [2.45, 2.75) is 13.0 Å². The van der Waals surface area contributed by atoms with Gasteiger partial charge in [-0.05, 0) is 68.1 Å². The van der Waals surface area contributed by atoms with Crippen molar-refractivity contribution in [3.8, 4) is 5.75 Å². The van der Waals surface area contributed by atoms with E-state index in [1.807, 2.05) is 31.2 Å². The minimum atomic E-state index is -0.608. The third-order valence-corrected chi connectivity index (χ3v) is 6.01. The van der Waals surface area contributed by atoms with Gasteiger partial charge in [-0.3, -0.25) is 0 Å². The zero-order chi connectivity index (χ0) is 13.3. The summed E-state index contributed by atoms with van der Waals surface area (Å²) in [6.07, 6.45) is -0.608. The Balaban J connectivity index is 2.36. The SMILES string of the molecule is COc1ccc(C(O)c2cc(Br)c(Br)s2)c(C)c1. The summed E-state index contributed by atoms with van der Waals surface area (Å²) in [5.74, 6) is 0.803. The Bertz CT molecular complexity index is 547. The number of benzene rings is 1. The molecule has 1 unspecified atom stereocenters. The van der Waals surface area contributed by atoms with E-state index < -0.39 is 6.10 Å². The first-order chi connectivity index (χ1) is 8.52. The third kappa shape index (κ3) is 2.79. The Morgan fingerprint density at radius 3 is 2.50 bits per heavy atom. The summed E-state index contributed by atoms with van der Waals surface area (Å²) in [4.78, 5) is 0.905. The molecular weight excluding hydrogens is 380 g/mol. The van der Waals surface area contributed by atoms with Gasteiger partial charge in [0, 0.05) is 9.35 Å². The van der Waals surface area contributed by atoms with Crippen LogP contribution in [0.3, 0.4) is 0 Å². The van der Waals surface area contributed by atoms with E-state index in [0.717, 1.165) is 30.0 Å². The Labute approximate surface area is 127 Å². The van der Waals surface area contributed by atoms with Crippen LogP contribution in [0.15, 0.2) is 32.5 Å². The molecule has 0 aliphatic rings. The average molecular weight is 392 g/mol. The zero-order valence-electron chi connectivity index (χ0n) is 9.91. The molecule has 2 rings (SSSR count). The number of methoxy groups -OCH3 is 1. The second-order valence-corrected chi connectivity index (χ2v) is 7.15. The molecule has 1 atom stereocenters. The van der Waals surface area contributed by atoms with Crippen LogP contribution in [0.4, 0.5) is 0 Å². The lowest BCUT2D eigenvalue weighted by Crippen LogP contribution is -2.00. The summed E-state index contributed by atoms with van der Waals surface area (Å²) >= 11 is 8.39. The monoisotopic (exact) mass is 390 g/mol. The number of aliphatic hydroxyl groups is 1. The van der Waals surface area contributed by atoms with Crippen LogP contribution in [-0.4, -0.2) is 12.2 Å². The first-order valence-electron chi connectivity index (χ1n) is 5.30. The van der Waals surface area contributed by atoms with Crippen molar-refractivity contribution in [1.82, 2.24) is 0 Å². The quantitative estimate of drug-likeness (QED) is 0.823. The number of hydrogen-bond donors (Lipinski definition) is 1. The predicted octanol–water partition coefficient (Wildman–Crippen LogP) is 4.67. The lowest BCUT2D eigenvalue weighted by Gasteiger charge is -2.13. The van der Waals surface area contributed by atoms with E-state index in [-0.39, 0.29) is 0 Å². The van der Waals surface area contributed by atoms with Crippen molar-refractivity contribution in [2.75, 3.05) is 7.11 Å². The molecule has 1 N–H and O–H groups in total. The molecule has 0 radical (unpaired) electrons. The number of ether oxygens (including phenoxy) is 1. The summed E-state index contributed by atoms with van der Waals surface area (Å²) in [5.41, 5.74) is 1.92. The topological polar surface area (TPSA) is 29.5 Å². The molecule has 96 valence electrons. The van der Waals surface area contributed by atoms with E-state index in [1.54, 1.807) is 7.11 Å². The van der Waals surface area contributed by atoms with Gasteiger partial charge < -0.3 is 9.84 Å². The predicted molar refractivity (Wildman–Crippen MR) is 81.5 cm³/mol. The van der Waals surface area contributed by atoms with Gasteiger partial charge in [0.25, 0.3) is 0 Å². The minimum Gasteiger partial charge on any atom is -0.497 e. The molecular formula is C13H12Br2O2S. The van der Waals surface area contributed by atoms with Crippen LogP contribution < -0.4 is 4.74 Å². The molecule has 1 aromatic carbocycles. The van der Waals surface area contributed by atoms with Crippen LogP contribution >= 0.6 is 43.2 Å². The molecule has 2 aromatic rings. The minimum absolute atomic E-state index is 0.608. The van der Waals surface area contributed by atoms with Crippen LogP contribution in [0.5, 0.6) is 5.75 Å². The number of aliphatic hydroxyl groups excluding tert-OH is 1. The molecule has 1 aromatic heterocycles. The fraction of sp³-hybridized carbons (Fsp3) is 0.231. The lowest BCUT2D eigenvalue weighted by molar-refractivity contribution is 0.223. The van der Waals surface area contributed by atoms with Gasteiger partial charge in [-0.25, -0.2) is 0 Å². The molecule has 0 amide bonds. The lowest BCUT2D eigenvalue weighted by atomic mass is 10.0. The molecule has 18 heavy (non-hydrogen) atoms. The summed E-state index contributed by atoms with van der Waals surface area (Å²) in [6.45, 7) is 1.97. The first-order valence-corrected chi connectivity index (χ1v) is 7.70. The highest BCUT2D eigenvalue weighted by Gasteiger charge is 2.17.